The Labute approximate surface area is 194 Å². The van der Waals surface area contributed by atoms with Gasteiger partial charge in [-0.2, -0.15) is 0 Å². The lowest BCUT2D eigenvalue weighted by Crippen LogP contribution is -2.46. The second-order valence-corrected chi connectivity index (χ2v) is 9.52. The lowest BCUT2D eigenvalue weighted by Gasteiger charge is -2.41. The summed E-state index contributed by atoms with van der Waals surface area (Å²) in [5, 5.41) is 4.01. The molecule has 2 fully saturated rings. The molecule has 0 radical (unpaired) electrons. The van der Waals surface area contributed by atoms with Crippen molar-refractivity contribution in [2.24, 2.45) is 5.92 Å². The third kappa shape index (κ3) is 5.51. The van der Waals surface area contributed by atoms with Crippen molar-refractivity contribution in [2.45, 2.75) is 45.1 Å². The minimum Gasteiger partial charge on any atom is -0.355 e. The molecule has 5 nitrogen and oxygen atoms in total. The van der Waals surface area contributed by atoms with E-state index in [1.54, 1.807) is 36.5 Å². The van der Waals surface area contributed by atoms with Crippen LogP contribution in [0.25, 0.3) is 0 Å². The van der Waals surface area contributed by atoms with Crippen LogP contribution < -0.4 is 10.2 Å². The van der Waals surface area contributed by atoms with Gasteiger partial charge < -0.3 is 15.1 Å². The molecule has 1 atom stereocenters. The van der Waals surface area contributed by atoms with Crippen molar-refractivity contribution >= 4 is 40.6 Å². The first-order chi connectivity index (χ1) is 15.0. The van der Waals surface area contributed by atoms with Crippen molar-refractivity contribution in [3.05, 3.63) is 52.1 Å². The van der Waals surface area contributed by atoms with E-state index in [4.69, 9.17) is 23.2 Å². The molecule has 166 valence electrons. The number of rotatable bonds is 5. The number of carbonyl (C=O) groups excluding carboxylic acids is 1. The second-order valence-electron chi connectivity index (χ2n) is 8.65. The number of nitrogens with zero attached hydrogens (tertiary/aromatic N) is 3. The molecule has 3 heterocycles. The Bertz CT molecular complexity index is 908. The number of pyridine rings is 1. The number of nitrogens with one attached hydrogen (secondary N) is 1. The fourth-order valence-corrected chi connectivity index (χ4v) is 5.17. The van der Waals surface area contributed by atoms with Crippen LogP contribution in [-0.2, 0) is 0 Å². The Hall–Kier alpha value is -1.82. The van der Waals surface area contributed by atoms with E-state index in [0.29, 0.717) is 33.3 Å². The van der Waals surface area contributed by atoms with Crippen LogP contribution in [0.5, 0.6) is 0 Å². The summed E-state index contributed by atoms with van der Waals surface area (Å²) in [6, 6.07) is 9.31. The number of halogens is 2. The Morgan fingerprint density at radius 2 is 1.81 bits per heavy atom. The molecule has 4 rings (SSSR count). The number of amides is 1. The van der Waals surface area contributed by atoms with Crippen LogP contribution in [0.4, 0.5) is 11.5 Å². The number of anilines is 2. The van der Waals surface area contributed by atoms with E-state index in [2.05, 4.69) is 27.0 Å². The van der Waals surface area contributed by atoms with Crippen molar-refractivity contribution < 1.29 is 4.79 Å². The highest BCUT2D eigenvalue weighted by atomic mass is 35.5. The van der Waals surface area contributed by atoms with Crippen LogP contribution in [0.1, 0.15) is 49.4 Å². The summed E-state index contributed by atoms with van der Waals surface area (Å²) in [6.07, 6.45) is 7.93. The summed E-state index contributed by atoms with van der Waals surface area (Å²) in [6.45, 7) is 6.72. The maximum Gasteiger partial charge on any atom is 0.255 e. The van der Waals surface area contributed by atoms with E-state index >= 15 is 0 Å². The highest BCUT2D eigenvalue weighted by Gasteiger charge is 2.29. The molecule has 0 saturated carbocycles. The summed E-state index contributed by atoms with van der Waals surface area (Å²) in [7, 11) is 0. The fraction of sp³-hybridized carbons (Fsp3) is 0.500. The summed E-state index contributed by atoms with van der Waals surface area (Å²) < 4.78 is 0. The molecule has 1 aromatic heterocycles. The maximum absolute atomic E-state index is 12.8. The molecule has 0 aliphatic carbocycles. The van der Waals surface area contributed by atoms with Crippen molar-refractivity contribution in [1.29, 1.82) is 0 Å². The lowest BCUT2D eigenvalue weighted by atomic mass is 9.88. The van der Waals surface area contributed by atoms with Gasteiger partial charge in [-0.1, -0.05) is 35.7 Å². The first kappa shape index (κ1) is 22.4. The van der Waals surface area contributed by atoms with Gasteiger partial charge in [0, 0.05) is 35.9 Å². The predicted octanol–water partition coefficient (Wildman–Crippen LogP) is 5.73. The van der Waals surface area contributed by atoms with Gasteiger partial charge in [-0.15, -0.1) is 0 Å². The highest BCUT2D eigenvalue weighted by molar-refractivity contribution is 6.31. The van der Waals surface area contributed by atoms with Gasteiger partial charge in [0.05, 0.1) is 10.7 Å². The van der Waals surface area contributed by atoms with E-state index in [1.807, 2.05) is 0 Å². The van der Waals surface area contributed by atoms with Crippen LogP contribution >= 0.6 is 23.2 Å². The number of aromatic nitrogens is 1. The van der Waals surface area contributed by atoms with Crippen molar-refractivity contribution in [3.63, 3.8) is 0 Å². The van der Waals surface area contributed by atoms with Gasteiger partial charge in [0.2, 0.25) is 0 Å². The first-order valence-corrected chi connectivity index (χ1v) is 12.0. The third-order valence-corrected chi connectivity index (χ3v) is 7.10. The van der Waals surface area contributed by atoms with E-state index in [-0.39, 0.29) is 5.91 Å². The van der Waals surface area contributed by atoms with Gasteiger partial charge in [0.15, 0.2) is 5.82 Å². The summed E-state index contributed by atoms with van der Waals surface area (Å²) in [5.41, 5.74) is 1.15. The van der Waals surface area contributed by atoms with E-state index in [1.165, 1.54) is 32.4 Å². The molecule has 2 aliphatic rings. The minimum absolute atomic E-state index is 0.221. The Balaban J connectivity index is 1.43. The van der Waals surface area contributed by atoms with Gasteiger partial charge in [-0.3, -0.25) is 4.79 Å². The monoisotopic (exact) mass is 460 g/mol. The molecule has 0 bridgehead atoms. The van der Waals surface area contributed by atoms with Crippen molar-refractivity contribution in [1.82, 2.24) is 9.88 Å². The van der Waals surface area contributed by atoms with Gasteiger partial charge >= 0.3 is 0 Å². The van der Waals surface area contributed by atoms with Crippen LogP contribution in [0.2, 0.25) is 10.0 Å². The Kier molecular flexibility index (Phi) is 7.36. The molecule has 2 aromatic rings. The number of likely N-dealkylation sites (tertiary alicyclic amines) is 1. The van der Waals surface area contributed by atoms with Crippen LogP contribution in [0.15, 0.2) is 36.5 Å². The maximum atomic E-state index is 12.8. The molecule has 1 unspecified atom stereocenters. The Morgan fingerprint density at radius 1 is 1.06 bits per heavy atom. The quantitative estimate of drug-likeness (QED) is 0.618. The molecule has 1 N–H and O–H groups in total. The summed E-state index contributed by atoms with van der Waals surface area (Å²) in [5.74, 6) is 1.26. The van der Waals surface area contributed by atoms with Crippen molar-refractivity contribution in [2.75, 3.05) is 36.4 Å². The van der Waals surface area contributed by atoms with E-state index in [9.17, 15) is 4.79 Å². The SMILES string of the molecule is CC(C1CCN(c2ncc(Cl)cc2NC(=O)c2cccc(Cl)c2)CC1)N1CCCCC1. The predicted molar refractivity (Wildman–Crippen MR) is 128 cm³/mol. The molecule has 1 amide bonds. The molecule has 0 spiro atoms. The standard InChI is InChI=1S/C24H30Cl2N4O/c1-17(29-10-3-2-4-11-29)18-8-12-30(13-9-18)23-22(15-21(26)16-27-23)28-24(31)19-6-5-7-20(25)14-19/h5-7,14-18H,2-4,8-13H2,1H3,(H,28,31). The molecule has 2 saturated heterocycles. The number of hydrogen-bond donors (Lipinski definition) is 1. The van der Waals surface area contributed by atoms with Crippen LogP contribution in [-0.4, -0.2) is 48.0 Å². The number of benzene rings is 1. The summed E-state index contributed by atoms with van der Waals surface area (Å²) >= 11 is 12.2. The zero-order valence-electron chi connectivity index (χ0n) is 18.0. The number of piperidine rings is 2. The van der Waals surface area contributed by atoms with Gasteiger partial charge in [0.1, 0.15) is 0 Å². The largest absolute Gasteiger partial charge is 0.355 e. The minimum atomic E-state index is -0.221. The number of hydrogen-bond acceptors (Lipinski definition) is 4. The van der Waals surface area contributed by atoms with Crippen molar-refractivity contribution in [3.8, 4) is 0 Å². The molecular weight excluding hydrogens is 431 g/mol. The smallest absolute Gasteiger partial charge is 0.255 e. The molecule has 1 aromatic carbocycles. The Morgan fingerprint density at radius 3 is 2.52 bits per heavy atom. The zero-order chi connectivity index (χ0) is 21.8. The normalized spacial score (nSPS) is 19.3. The van der Waals surface area contributed by atoms with Gasteiger partial charge in [0.25, 0.3) is 5.91 Å². The summed E-state index contributed by atoms with van der Waals surface area (Å²) in [4.78, 5) is 22.3. The highest BCUT2D eigenvalue weighted by Crippen LogP contribution is 2.32. The number of carbonyl (C=O) groups is 1. The lowest BCUT2D eigenvalue weighted by molar-refractivity contribution is 0.102. The average molecular weight is 461 g/mol. The van der Waals surface area contributed by atoms with E-state index in [0.717, 1.165) is 31.7 Å². The molecule has 31 heavy (non-hydrogen) atoms. The first-order valence-electron chi connectivity index (χ1n) is 11.2. The molecule has 7 heteroatoms. The third-order valence-electron chi connectivity index (χ3n) is 6.66. The molecule has 2 aliphatic heterocycles. The second kappa shape index (κ2) is 10.2. The van der Waals surface area contributed by atoms with Crippen LogP contribution in [0, 0.1) is 5.92 Å². The zero-order valence-corrected chi connectivity index (χ0v) is 19.5. The van der Waals surface area contributed by atoms with Gasteiger partial charge in [-0.05, 0) is 75.9 Å². The average Bonchev–Trinajstić information content (AvgIpc) is 2.79. The topological polar surface area (TPSA) is 48.5 Å². The van der Waals surface area contributed by atoms with E-state index < -0.39 is 0 Å². The molecular formula is C24H30Cl2N4O. The van der Waals surface area contributed by atoms with Gasteiger partial charge in [-0.25, -0.2) is 4.98 Å². The fourth-order valence-electron chi connectivity index (χ4n) is 4.82. The van der Waals surface area contributed by atoms with Crippen LogP contribution in [0.3, 0.4) is 0 Å².